The van der Waals surface area contributed by atoms with Crippen LogP contribution in [0.15, 0.2) is 24.3 Å². The summed E-state index contributed by atoms with van der Waals surface area (Å²) in [5.41, 5.74) is 0.705. The monoisotopic (exact) mass is 234 g/mol. The minimum Gasteiger partial charge on any atom is -0.319 e. The SMILES string of the molecule is CNCCc1nc(-c2cccc(F)c2)nn1C. The molecule has 0 bridgehead atoms. The Hall–Kier alpha value is -1.75. The van der Waals surface area contributed by atoms with Crippen LogP contribution >= 0.6 is 0 Å². The minimum absolute atomic E-state index is 0.272. The third-order valence-electron chi connectivity index (χ3n) is 2.53. The number of hydrogen-bond acceptors (Lipinski definition) is 3. The standard InChI is InChI=1S/C12H15FN4/c1-14-7-6-11-15-12(16-17(11)2)9-4-3-5-10(13)8-9/h3-5,8,14H,6-7H2,1-2H3. The first kappa shape index (κ1) is 11.7. The summed E-state index contributed by atoms with van der Waals surface area (Å²) in [5, 5.41) is 7.35. The van der Waals surface area contributed by atoms with E-state index in [1.54, 1.807) is 16.8 Å². The van der Waals surface area contributed by atoms with Crippen LogP contribution in [0.1, 0.15) is 5.82 Å². The number of aromatic nitrogens is 3. The molecule has 1 heterocycles. The molecule has 17 heavy (non-hydrogen) atoms. The molecule has 0 spiro atoms. The summed E-state index contributed by atoms with van der Waals surface area (Å²) in [5.74, 6) is 1.18. The van der Waals surface area contributed by atoms with Gasteiger partial charge in [-0.3, -0.25) is 4.68 Å². The van der Waals surface area contributed by atoms with E-state index >= 15 is 0 Å². The zero-order valence-electron chi connectivity index (χ0n) is 9.94. The number of hydrogen-bond donors (Lipinski definition) is 1. The van der Waals surface area contributed by atoms with Gasteiger partial charge in [0.25, 0.3) is 0 Å². The number of nitrogens with one attached hydrogen (secondary N) is 1. The second kappa shape index (κ2) is 5.05. The second-order valence-electron chi connectivity index (χ2n) is 3.84. The molecule has 0 fully saturated rings. The van der Waals surface area contributed by atoms with E-state index in [0.29, 0.717) is 11.4 Å². The number of benzene rings is 1. The van der Waals surface area contributed by atoms with E-state index < -0.39 is 0 Å². The van der Waals surface area contributed by atoms with E-state index in [1.807, 2.05) is 14.1 Å². The first-order valence-electron chi connectivity index (χ1n) is 5.51. The number of rotatable bonds is 4. The maximum Gasteiger partial charge on any atom is 0.181 e. The molecule has 90 valence electrons. The van der Waals surface area contributed by atoms with E-state index in [2.05, 4.69) is 15.4 Å². The second-order valence-corrected chi connectivity index (χ2v) is 3.84. The smallest absolute Gasteiger partial charge is 0.181 e. The molecule has 0 saturated heterocycles. The van der Waals surface area contributed by atoms with Crippen LogP contribution < -0.4 is 5.32 Å². The largest absolute Gasteiger partial charge is 0.319 e. The molecule has 0 radical (unpaired) electrons. The van der Waals surface area contributed by atoms with Crippen LogP contribution in [0.2, 0.25) is 0 Å². The molecule has 0 aliphatic heterocycles. The van der Waals surface area contributed by atoms with E-state index in [4.69, 9.17) is 0 Å². The van der Waals surface area contributed by atoms with Crippen molar-refractivity contribution in [3.63, 3.8) is 0 Å². The van der Waals surface area contributed by atoms with E-state index in [9.17, 15) is 4.39 Å². The Morgan fingerprint density at radius 3 is 2.94 bits per heavy atom. The third-order valence-corrected chi connectivity index (χ3v) is 2.53. The van der Waals surface area contributed by atoms with Crippen molar-refractivity contribution in [3.05, 3.63) is 35.9 Å². The highest BCUT2D eigenvalue weighted by Crippen LogP contribution is 2.16. The van der Waals surface area contributed by atoms with Gasteiger partial charge < -0.3 is 5.32 Å². The highest BCUT2D eigenvalue weighted by molar-refractivity contribution is 5.54. The number of halogens is 1. The van der Waals surface area contributed by atoms with Crippen LogP contribution in [-0.2, 0) is 13.5 Å². The molecule has 2 aromatic rings. The fraction of sp³-hybridized carbons (Fsp3) is 0.333. The summed E-state index contributed by atoms with van der Waals surface area (Å²) < 4.78 is 14.8. The molecule has 1 aromatic heterocycles. The molecule has 5 heteroatoms. The Labute approximate surface area is 99.5 Å². The lowest BCUT2D eigenvalue weighted by Gasteiger charge is -1.97. The van der Waals surface area contributed by atoms with Crippen molar-refractivity contribution in [1.29, 1.82) is 0 Å². The number of likely N-dealkylation sites (N-methyl/N-ethyl adjacent to an activating group) is 1. The zero-order chi connectivity index (χ0) is 12.3. The Morgan fingerprint density at radius 1 is 1.41 bits per heavy atom. The average Bonchev–Trinajstić information content (AvgIpc) is 2.68. The maximum absolute atomic E-state index is 13.1. The van der Waals surface area contributed by atoms with Crippen LogP contribution in [0, 0.1) is 5.82 Å². The zero-order valence-corrected chi connectivity index (χ0v) is 9.94. The molecular weight excluding hydrogens is 219 g/mol. The van der Waals surface area contributed by atoms with Gasteiger partial charge in [-0.05, 0) is 19.2 Å². The summed E-state index contributed by atoms with van der Waals surface area (Å²) >= 11 is 0. The molecule has 0 unspecified atom stereocenters. The van der Waals surface area contributed by atoms with Gasteiger partial charge >= 0.3 is 0 Å². The summed E-state index contributed by atoms with van der Waals surface area (Å²) in [4.78, 5) is 4.40. The molecule has 1 aromatic carbocycles. The Morgan fingerprint density at radius 2 is 2.24 bits per heavy atom. The summed E-state index contributed by atoms with van der Waals surface area (Å²) in [6.07, 6.45) is 0.801. The topological polar surface area (TPSA) is 42.7 Å². The molecule has 1 N–H and O–H groups in total. The molecule has 2 rings (SSSR count). The van der Waals surface area contributed by atoms with Gasteiger partial charge in [-0.2, -0.15) is 5.10 Å². The Balaban J connectivity index is 2.28. The van der Waals surface area contributed by atoms with E-state index in [0.717, 1.165) is 18.8 Å². The van der Waals surface area contributed by atoms with Gasteiger partial charge in [0.05, 0.1) is 0 Å². The lowest BCUT2D eigenvalue weighted by atomic mass is 10.2. The van der Waals surface area contributed by atoms with Crippen molar-refractivity contribution >= 4 is 0 Å². The minimum atomic E-state index is -0.272. The average molecular weight is 234 g/mol. The van der Waals surface area contributed by atoms with Crippen LogP contribution in [0.5, 0.6) is 0 Å². The first-order valence-corrected chi connectivity index (χ1v) is 5.51. The molecule has 0 aliphatic rings. The fourth-order valence-corrected chi connectivity index (χ4v) is 1.62. The predicted molar refractivity (Wildman–Crippen MR) is 64.0 cm³/mol. The van der Waals surface area contributed by atoms with Crippen molar-refractivity contribution in [2.75, 3.05) is 13.6 Å². The van der Waals surface area contributed by atoms with Crippen LogP contribution in [0.3, 0.4) is 0 Å². The molecule has 0 amide bonds. The van der Waals surface area contributed by atoms with Crippen molar-refractivity contribution in [1.82, 2.24) is 20.1 Å². The van der Waals surface area contributed by atoms with Crippen molar-refractivity contribution in [2.45, 2.75) is 6.42 Å². The highest BCUT2D eigenvalue weighted by Gasteiger charge is 2.09. The van der Waals surface area contributed by atoms with Gasteiger partial charge in [0.2, 0.25) is 0 Å². The number of aryl methyl sites for hydroxylation is 1. The maximum atomic E-state index is 13.1. The first-order chi connectivity index (χ1) is 8.20. The van der Waals surface area contributed by atoms with Crippen LogP contribution in [0.25, 0.3) is 11.4 Å². The van der Waals surface area contributed by atoms with Crippen molar-refractivity contribution < 1.29 is 4.39 Å². The van der Waals surface area contributed by atoms with E-state index in [-0.39, 0.29) is 5.82 Å². The van der Waals surface area contributed by atoms with Crippen LogP contribution in [-0.4, -0.2) is 28.4 Å². The lowest BCUT2D eigenvalue weighted by molar-refractivity contribution is 0.628. The molecule has 0 aliphatic carbocycles. The van der Waals surface area contributed by atoms with Gasteiger partial charge in [-0.15, -0.1) is 0 Å². The summed E-state index contributed by atoms with van der Waals surface area (Å²) in [7, 11) is 3.74. The van der Waals surface area contributed by atoms with Crippen LogP contribution in [0.4, 0.5) is 4.39 Å². The van der Waals surface area contributed by atoms with Gasteiger partial charge in [0.15, 0.2) is 5.82 Å². The fourth-order valence-electron chi connectivity index (χ4n) is 1.62. The van der Waals surface area contributed by atoms with Crippen molar-refractivity contribution in [2.24, 2.45) is 7.05 Å². The van der Waals surface area contributed by atoms with Gasteiger partial charge in [0, 0.05) is 25.6 Å². The van der Waals surface area contributed by atoms with Gasteiger partial charge in [0.1, 0.15) is 11.6 Å². The molecule has 4 nitrogen and oxygen atoms in total. The number of nitrogens with zero attached hydrogens (tertiary/aromatic N) is 3. The molecule has 0 atom stereocenters. The quantitative estimate of drug-likeness (QED) is 0.869. The Bertz CT molecular complexity index is 507. The predicted octanol–water partition coefficient (Wildman–Crippen LogP) is 1.38. The summed E-state index contributed by atoms with van der Waals surface area (Å²) in [6, 6.07) is 6.32. The van der Waals surface area contributed by atoms with Gasteiger partial charge in [-0.1, -0.05) is 12.1 Å². The molecule has 0 saturated carbocycles. The lowest BCUT2D eigenvalue weighted by Crippen LogP contribution is -2.13. The Kier molecular flexibility index (Phi) is 3.49. The summed E-state index contributed by atoms with van der Waals surface area (Å²) in [6.45, 7) is 0.842. The highest BCUT2D eigenvalue weighted by atomic mass is 19.1. The van der Waals surface area contributed by atoms with Crippen molar-refractivity contribution in [3.8, 4) is 11.4 Å². The third kappa shape index (κ3) is 2.68. The van der Waals surface area contributed by atoms with Gasteiger partial charge in [-0.25, -0.2) is 9.37 Å². The molecular formula is C12H15FN4. The normalized spacial score (nSPS) is 10.8. The van der Waals surface area contributed by atoms with E-state index in [1.165, 1.54) is 12.1 Å².